The number of anilines is 2. The first-order valence-corrected chi connectivity index (χ1v) is 9.53. The molecule has 1 saturated heterocycles. The number of carbonyl (C=O) groups is 1. The van der Waals surface area contributed by atoms with E-state index in [4.69, 9.17) is 16.3 Å². The van der Waals surface area contributed by atoms with Gasteiger partial charge in [0.05, 0.1) is 10.7 Å². The maximum Gasteiger partial charge on any atom is 0.262 e. The Bertz CT molecular complexity index is 967. The van der Waals surface area contributed by atoms with Crippen LogP contribution in [0.1, 0.15) is 12.8 Å². The lowest BCUT2D eigenvalue weighted by molar-refractivity contribution is -0.118. The van der Waals surface area contributed by atoms with Crippen LogP contribution in [0.4, 0.5) is 11.4 Å². The Labute approximate surface area is 163 Å². The van der Waals surface area contributed by atoms with Crippen molar-refractivity contribution < 1.29 is 9.53 Å². The molecule has 3 aromatic rings. The Balaban J connectivity index is 1.36. The standard InChI is InChI=1S/C22H21ClN2O2/c23-20-14-18(8-10-21(20)25-11-3-4-12-25)24-22(26)15-27-19-9-7-16-5-1-2-6-17(16)13-19/h1-2,5-10,13-14H,3-4,11-12,15H2,(H,24,26). The second-order valence-corrected chi connectivity index (χ2v) is 7.11. The van der Waals surface area contributed by atoms with Gasteiger partial charge in [0.2, 0.25) is 0 Å². The van der Waals surface area contributed by atoms with Crippen molar-refractivity contribution in [2.24, 2.45) is 0 Å². The van der Waals surface area contributed by atoms with E-state index in [0.717, 1.165) is 29.5 Å². The fourth-order valence-electron chi connectivity index (χ4n) is 3.40. The van der Waals surface area contributed by atoms with Crippen molar-refractivity contribution in [3.05, 3.63) is 65.7 Å². The summed E-state index contributed by atoms with van der Waals surface area (Å²) in [5, 5.41) is 5.72. The van der Waals surface area contributed by atoms with E-state index in [0.29, 0.717) is 16.5 Å². The van der Waals surface area contributed by atoms with E-state index in [-0.39, 0.29) is 12.5 Å². The predicted octanol–water partition coefficient (Wildman–Crippen LogP) is 5.11. The molecule has 1 aliphatic rings. The third-order valence-electron chi connectivity index (χ3n) is 4.77. The molecule has 138 valence electrons. The number of carbonyl (C=O) groups excluding carboxylic acids is 1. The summed E-state index contributed by atoms with van der Waals surface area (Å²) in [6, 6.07) is 19.5. The van der Waals surface area contributed by atoms with Crippen LogP contribution in [-0.2, 0) is 4.79 Å². The molecule has 1 aliphatic heterocycles. The summed E-state index contributed by atoms with van der Waals surface area (Å²) in [7, 11) is 0. The molecule has 1 fully saturated rings. The molecule has 5 heteroatoms. The van der Waals surface area contributed by atoms with Crippen molar-refractivity contribution >= 4 is 39.7 Å². The molecule has 1 heterocycles. The third-order valence-corrected chi connectivity index (χ3v) is 5.07. The van der Waals surface area contributed by atoms with Gasteiger partial charge in [-0.25, -0.2) is 0 Å². The summed E-state index contributed by atoms with van der Waals surface area (Å²) in [5.41, 5.74) is 1.70. The van der Waals surface area contributed by atoms with E-state index in [1.807, 2.05) is 54.6 Å². The maximum atomic E-state index is 12.2. The number of hydrogen-bond donors (Lipinski definition) is 1. The van der Waals surface area contributed by atoms with E-state index < -0.39 is 0 Å². The Kier molecular flexibility index (Phi) is 5.16. The highest BCUT2D eigenvalue weighted by atomic mass is 35.5. The van der Waals surface area contributed by atoms with Gasteiger partial charge in [0, 0.05) is 18.8 Å². The van der Waals surface area contributed by atoms with E-state index >= 15 is 0 Å². The average molecular weight is 381 g/mol. The van der Waals surface area contributed by atoms with Crippen LogP contribution >= 0.6 is 11.6 Å². The minimum absolute atomic E-state index is 0.0518. The topological polar surface area (TPSA) is 41.6 Å². The number of hydrogen-bond acceptors (Lipinski definition) is 3. The monoisotopic (exact) mass is 380 g/mol. The van der Waals surface area contributed by atoms with Crippen LogP contribution in [0.2, 0.25) is 5.02 Å². The zero-order valence-electron chi connectivity index (χ0n) is 15.0. The molecule has 4 nitrogen and oxygen atoms in total. The zero-order chi connectivity index (χ0) is 18.6. The van der Waals surface area contributed by atoms with Crippen LogP contribution in [0, 0.1) is 0 Å². The van der Waals surface area contributed by atoms with Crippen LogP contribution in [0.25, 0.3) is 10.8 Å². The lowest BCUT2D eigenvalue weighted by atomic mass is 10.1. The summed E-state index contributed by atoms with van der Waals surface area (Å²) < 4.78 is 5.63. The maximum absolute atomic E-state index is 12.2. The highest BCUT2D eigenvalue weighted by Crippen LogP contribution is 2.31. The molecule has 0 unspecified atom stereocenters. The van der Waals surface area contributed by atoms with Gasteiger partial charge in [-0.2, -0.15) is 0 Å². The molecule has 0 saturated carbocycles. The molecule has 0 aromatic heterocycles. The highest BCUT2D eigenvalue weighted by molar-refractivity contribution is 6.33. The van der Waals surface area contributed by atoms with Crippen LogP contribution in [0.5, 0.6) is 5.75 Å². The Morgan fingerprint density at radius 2 is 1.78 bits per heavy atom. The Hall–Kier alpha value is -2.72. The smallest absolute Gasteiger partial charge is 0.262 e. The van der Waals surface area contributed by atoms with Crippen molar-refractivity contribution in [2.45, 2.75) is 12.8 Å². The third kappa shape index (κ3) is 4.17. The highest BCUT2D eigenvalue weighted by Gasteiger charge is 2.15. The van der Waals surface area contributed by atoms with Gasteiger partial charge < -0.3 is 15.0 Å². The first kappa shape index (κ1) is 17.7. The number of nitrogens with one attached hydrogen (secondary N) is 1. The van der Waals surface area contributed by atoms with Crippen molar-refractivity contribution in [1.29, 1.82) is 0 Å². The molecule has 4 rings (SSSR count). The molecule has 0 spiro atoms. The molecule has 27 heavy (non-hydrogen) atoms. The van der Waals surface area contributed by atoms with Crippen LogP contribution in [0.3, 0.4) is 0 Å². The SMILES string of the molecule is O=C(COc1ccc2ccccc2c1)Nc1ccc(N2CCCC2)c(Cl)c1. The van der Waals surface area contributed by atoms with Crippen LogP contribution < -0.4 is 15.0 Å². The van der Waals surface area contributed by atoms with Gasteiger partial charge in [0.1, 0.15) is 5.75 Å². The van der Waals surface area contributed by atoms with Gasteiger partial charge in [-0.15, -0.1) is 0 Å². The quantitative estimate of drug-likeness (QED) is 0.668. The normalized spacial score (nSPS) is 13.7. The molecule has 0 radical (unpaired) electrons. The summed E-state index contributed by atoms with van der Waals surface area (Å²) in [6.45, 7) is 2.01. The molecule has 1 amide bonds. The van der Waals surface area contributed by atoms with Crippen molar-refractivity contribution in [3.8, 4) is 5.75 Å². The lowest BCUT2D eigenvalue weighted by Crippen LogP contribution is -2.21. The molecule has 0 atom stereocenters. The first-order valence-electron chi connectivity index (χ1n) is 9.15. The Morgan fingerprint density at radius 3 is 2.56 bits per heavy atom. The van der Waals surface area contributed by atoms with Crippen molar-refractivity contribution in [2.75, 3.05) is 29.9 Å². The number of fused-ring (bicyclic) bond motifs is 1. The second-order valence-electron chi connectivity index (χ2n) is 6.71. The lowest BCUT2D eigenvalue weighted by Gasteiger charge is -2.19. The van der Waals surface area contributed by atoms with Crippen molar-refractivity contribution in [1.82, 2.24) is 0 Å². The van der Waals surface area contributed by atoms with Crippen LogP contribution in [0.15, 0.2) is 60.7 Å². The fraction of sp³-hybridized carbons (Fsp3) is 0.227. The number of benzene rings is 3. The molecular weight excluding hydrogens is 360 g/mol. The first-order chi connectivity index (χ1) is 13.2. The fourth-order valence-corrected chi connectivity index (χ4v) is 3.70. The number of rotatable bonds is 5. The van der Waals surface area contributed by atoms with Gasteiger partial charge in [-0.3, -0.25) is 4.79 Å². The van der Waals surface area contributed by atoms with Gasteiger partial charge >= 0.3 is 0 Å². The minimum Gasteiger partial charge on any atom is -0.484 e. The minimum atomic E-state index is -0.215. The van der Waals surface area contributed by atoms with Gasteiger partial charge in [-0.1, -0.05) is 41.9 Å². The summed E-state index contributed by atoms with van der Waals surface area (Å²) >= 11 is 6.40. The van der Waals surface area contributed by atoms with Gasteiger partial charge in [0.15, 0.2) is 6.61 Å². The molecule has 3 aromatic carbocycles. The van der Waals surface area contributed by atoms with E-state index in [1.165, 1.54) is 12.8 Å². The van der Waals surface area contributed by atoms with Gasteiger partial charge in [-0.05, 0) is 53.9 Å². The molecule has 0 aliphatic carbocycles. The largest absolute Gasteiger partial charge is 0.484 e. The summed E-state index contributed by atoms with van der Waals surface area (Å²) in [4.78, 5) is 14.5. The molecule has 1 N–H and O–H groups in total. The summed E-state index contributed by atoms with van der Waals surface area (Å²) in [5.74, 6) is 0.458. The van der Waals surface area contributed by atoms with Gasteiger partial charge in [0.25, 0.3) is 5.91 Å². The summed E-state index contributed by atoms with van der Waals surface area (Å²) in [6.07, 6.45) is 2.39. The average Bonchev–Trinajstić information content (AvgIpc) is 3.21. The Morgan fingerprint density at radius 1 is 1.00 bits per heavy atom. The second kappa shape index (κ2) is 7.89. The van der Waals surface area contributed by atoms with Crippen molar-refractivity contribution in [3.63, 3.8) is 0 Å². The number of halogens is 1. The van der Waals surface area contributed by atoms with E-state index in [2.05, 4.69) is 10.2 Å². The molecular formula is C22H21ClN2O2. The number of nitrogens with zero attached hydrogens (tertiary/aromatic N) is 1. The predicted molar refractivity (Wildman–Crippen MR) is 111 cm³/mol. The number of amides is 1. The van der Waals surface area contributed by atoms with E-state index in [9.17, 15) is 4.79 Å². The zero-order valence-corrected chi connectivity index (χ0v) is 15.7. The van der Waals surface area contributed by atoms with Crippen LogP contribution in [-0.4, -0.2) is 25.6 Å². The number of ether oxygens (including phenoxy) is 1. The van der Waals surface area contributed by atoms with E-state index in [1.54, 1.807) is 6.07 Å². The molecule has 0 bridgehead atoms.